The summed E-state index contributed by atoms with van der Waals surface area (Å²) in [5, 5.41) is 7.52. The van der Waals surface area contributed by atoms with Crippen LogP contribution in [-0.4, -0.2) is 10.8 Å². The van der Waals surface area contributed by atoms with E-state index in [9.17, 15) is 0 Å². The van der Waals surface area contributed by atoms with Gasteiger partial charge in [0.15, 0.2) is 5.75 Å². The van der Waals surface area contributed by atoms with Gasteiger partial charge in [-0.2, -0.15) is 0 Å². The van der Waals surface area contributed by atoms with Crippen molar-refractivity contribution < 1.29 is 4.74 Å². The average Bonchev–Trinajstić information content (AvgIpc) is 2.38. The van der Waals surface area contributed by atoms with Crippen LogP contribution in [0.1, 0.15) is 32.0 Å². The largest absolute Gasteiger partial charge is 0.455 e. The highest BCUT2D eigenvalue weighted by Crippen LogP contribution is 2.29. The van der Waals surface area contributed by atoms with Gasteiger partial charge in [0.25, 0.3) is 0 Å². The number of hydrogen-bond donors (Lipinski definition) is 2. The standard InChI is InChI=1S/C16H19N3O/c1-16(2,3)11-6-4-7-12(10-11)20-13-8-5-9-19-14(13)15(17)18/h4-10H,1-3H3,(H3,17,18). The molecule has 0 saturated heterocycles. The number of ether oxygens (including phenoxy) is 1. The van der Waals surface area contributed by atoms with Crippen molar-refractivity contribution in [3.05, 3.63) is 53.9 Å². The van der Waals surface area contributed by atoms with Crippen LogP contribution in [-0.2, 0) is 5.41 Å². The molecule has 1 heterocycles. The minimum atomic E-state index is -0.104. The van der Waals surface area contributed by atoms with Gasteiger partial charge in [-0.3, -0.25) is 5.41 Å². The lowest BCUT2D eigenvalue weighted by Gasteiger charge is -2.20. The summed E-state index contributed by atoms with van der Waals surface area (Å²) in [4.78, 5) is 4.07. The molecule has 0 fully saturated rings. The molecule has 4 nitrogen and oxygen atoms in total. The summed E-state index contributed by atoms with van der Waals surface area (Å²) in [5.74, 6) is 1.10. The lowest BCUT2D eigenvalue weighted by Crippen LogP contribution is -2.14. The van der Waals surface area contributed by atoms with Gasteiger partial charge in [-0.1, -0.05) is 32.9 Å². The maximum absolute atomic E-state index is 7.52. The van der Waals surface area contributed by atoms with Crippen LogP contribution < -0.4 is 10.5 Å². The Labute approximate surface area is 119 Å². The summed E-state index contributed by atoms with van der Waals surface area (Å²) in [6.07, 6.45) is 1.59. The van der Waals surface area contributed by atoms with Crippen molar-refractivity contribution in [1.82, 2.24) is 4.98 Å². The van der Waals surface area contributed by atoms with Crippen molar-refractivity contribution in [1.29, 1.82) is 5.41 Å². The lowest BCUT2D eigenvalue weighted by molar-refractivity contribution is 0.475. The molecule has 1 aromatic heterocycles. The first-order valence-corrected chi connectivity index (χ1v) is 6.46. The molecule has 2 rings (SSSR count). The molecular weight excluding hydrogens is 250 g/mol. The molecule has 0 spiro atoms. The van der Waals surface area contributed by atoms with Gasteiger partial charge in [0.05, 0.1) is 0 Å². The molecule has 0 atom stereocenters. The monoisotopic (exact) mass is 269 g/mol. The molecule has 0 aliphatic heterocycles. The summed E-state index contributed by atoms with van der Waals surface area (Å²) in [5.41, 5.74) is 7.10. The highest BCUT2D eigenvalue weighted by molar-refractivity contribution is 5.95. The third kappa shape index (κ3) is 3.15. The van der Waals surface area contributed by atoms with Crippen LogP contribution in [0.5, 0.6) is 11.5 Å². The fraction of sp³-hybridized carbons (Fsp3) is 0.250. The van der Waals surface area contributed by atoms with Crippen molar-refractivity contribution in [3.8, 4) is 11.5 Å². The number of benzene rings is 1. The third-order valence-electron chi connectivity index (χ3n) is 2.95. The smallest absolute Gasteiger partial charge is 0.156 e. The molecule has 1 aromatic carbocycles. The molecule has 0 saturated carbocycles. The Morgan fingerprint density at radius 1 is 1.20 bits per heavy atom. The predicted molar refractivity (Wildman–Crippen MR) is 80.5 cm³/mol. The van der Waals surface area contributed by atoms with Gasteiger partial charge in [0, 0.05) is 6.20 Å². The molecule has 4 heteroatoms. The maximum Gasteiger partial charge on any atom is 0.156 e. The first kappa shape index (κ1) is 14.1. The number of pyridine rings is 1. The van der Waals surface area contributed by atoms with Crippen molar-refractivity contribution in [2.75, 3.05) is 0 Å². The lowest BCUT2D eigenvalue weighted by atomic mass is 9.87. The molecule has 0 aliphatic rings. The Kier molecular flexibility index (Phi) is 3.74. The number of aromatic nitrogens is 1. The topological polar surface area (TPSA) is 72.0 Å². The number of amidine groups is 1. The highest BCUT2D eigenvalue weighted by atomic mass is 16.5. The summed E-state index contributed by atoms with van der Waals surface area (Å²) in [6.45, 7) is 6.45. The number of nitrogens with two attached hydrogens (primary N) is 1. The van der Waals surface area contributed by atoms with Crippen LogP contribution in [0, 0.1) is 5.41 Å². The minimum absolute atomic E-state index is 0.0533. The number of hydrogen-bond acceptors (Lipinski definition) is 3. The molecule has 3 N–H and O–H groups in total. The fourth-order valence-electron chi connectivity index (χ4n) is 1.83. The quantitative estimate of drug-likeness (QED) is 0.662. The predicted octanol–water partition coefficient (Wildman–Crippen LogP) is 3.46. The Hall–Kier alpha value is -2.36. The normalized spacial score (nSPS) is 11.2. The summed E-state index contributed by atoms with van der Waals surface area (Å²) in [6, 6.07) is 11.4. The van der Waals surface area contributed by atoms with E-state index < -0.39 is 0 Å². The van der Waals surface area contributed by atoms with E-state index in [1.807, 2.05) is 18.2 Å². The third-order valence-corrected chi connectivity index (χ3v) is 2.95. The Morgan fingerprint density at radius 3 is 2.60 bits per heavy atom. The zero-order valence-corrected chi connectivity index (χ0v) is 12.0. The Morgan fingerprint density at radius 2 is 1.95 bits per heavy atom. The summed E-state index contributed by atoms with van der Waals surface area (Å²) in [7, 11) is 0. The van der Waals surface area contributed by atoms with Gasteiger partial charge in [-0.05, 0) is 35.2 Å². The van der Waals surface area contributed by atoms with Crippen LogP contribution in [0.2, 0.25) is 0 Å². The molecule has 0 aliphatic carbocycles. The summed E-state index contributed by atoms with van der Waals surface area (Å²) >= 11 is 0. The van der Waals surface area contributed by atoms with E-state index in [0.29, 0.717) is 17.2 Å². The van der Waals surface area contributed by atoms with Crippen molar-refractivity contribution >= 4 is 5.84 Å². The molecule has 0 radical (unpaired) electrons. The number of nitrogen functional groups attached to an aromatic ring is 1. The van der Waals surface area contributed by atoms with Gasteiger partial charge in [0.1, 0.15) is 17.3 Å². The van der Waals surface area contributed by atoms with E-state index in [2.05, 4.69) is 31.8 Å². The van der Waals surface area contributed by atoms with Gasteiger partial charge in [0.2, 0.25) is 0 Å². The zero-order valence-electron chi connectivity index (χ0n) is 12.0. The number of nitrogens with zero attached hydrogens (tertiary/aromatic N) is 1. The maximum atomic E-state index is 7.52. The van der Waals surface area contributed by atoms with E-state index >= 15 is 0 Å². The second-order valence-electron chi connectivity index (χ2n) is 5.64. The molecular formula is C16H19N3O. The highest BCUT2D eigenvalue weighted by Gasteiger charge is 2.15. The molecule has 0 bridgehead atoms. The van der Waals surface area contributed by atoms with E-state index in [0.717, 1.165) is 0 Å². The van der Waals surface area contributed by atoms with Crippen LogP contribution in [0.4, 0.5) is 0 Å². The first-order valence-electron chi connectivity index (χ1n) is 6.46. The second kappa shape index (κ2) is 5.33. The number of rotatable bonds is 3. The van der Waals surface area contributed by atoms with Crippen LogP contribution >= 0.6 is 0 Å². The molecule has 0 unspecified atom stereocenters. The minimum Gasteiger partial charge on any atom is -0.455 e. The van der Waals surface area contributed by atoms with Gasteiger partial charge >= 0.3 is 0 Å². The van der Waals surface area contributed by atoms with Crippen LogP contribution in [0.15, 0.2) is 42.6 Å². The van der Waals surface area contributed by atoms with Crippen LogP contribution in [0.3, 0.4) is 0 Å². The van der Waals surface area contributed by atoms with Crippen molar-refractivity contribution in [2.45, 2.75) is 26.2 Å². The van der Waals surface area contributed by atoms with Crippen molar-refractivity contribution in [2.24, 2.45) is 5.73 Å². The van der Waals surface area contributed by atoms with Gasteiger partial charge in [-0.25, -0.2) is 4.98 Å². The molecule has 20 heavy (non-hydrogen) atoms. The van der Waals surface area contributed by atoms with E-state index in [4.69, 9.17) is 15.9 Å². The Bertz CT molecular complexity index is 630. The van der Waals surface area contributed by atoms with Gasteiger partial charge < -0.3 is 10.5 Å². The Balaban J connectivity index is 2.34. The van der Waals surface area contributed by atoms with Crippen molar-refractivity contribution in [3.63, 3.8) is 0 Å². The number of nitrogens with one attached hydrogen (secondary N) is 1. The van der Waals surface area contributed by atoms with E-state index in [-0.39, 0.29) is 11.3 Å². The molecule has 104 valence electrons. The SMILES string of the molecule is CC(C)(C)c1cccc(Oc2cccnc2C(=N)N)c1. The molecule has 0 amide bonds. The fourth-order valence-corrected chi connectivity index (χ4v) is 1.83. The summed E-state index contributed by atoms with van der Waals surface area (Å²) < 4.78 is 5.82. The molecule has 2 aromatic rings. The van der Waals surface area contributed by atoms with Gasteiger partial charge in [-0.15, -0.1) is 0 Å². The van der Waals surface area contributed by atoms with Crippen LogP contribution in [0.25, 0.3) is 0 Å². The van der Waals surface area contributed by atoms with E-state index in [1.165, 1.54) is 5.56 Å². The average molecular weight is 269 g/mol. The first-order chi connectivity index (χ1) is 9.38. The van der Waals surface area contributed by atoms with E-state index in [1.54, 1.807) is 18.3 Å². The second-order valence-corrected chi connectivity index (χ2v) is 5.64. The zero-order chi connectivity index (χ0) is 14.8.